The van der Waals surface area contributed by atoms with Crippen molar-refractivity contribution in [2.24, 2.45) is 76.9 Å². The standard InChI is InChI=1S/C57H72/c1-3-14-42-40(12-1)50-30-38(26-28-44(50)54-32-52(42)54)34-10-9-11-36(23-20-34)56-46-16-5-7-18-48(46)57(49-19-8-6-17-47(49)56)37-24-21-35(22-25-37)39-27-29-45-51(31-39)41-13-2-4-15-43(41)53-33-55(45)53/h2,4-5,7,13,15-16,18,32-40,42,44-45,47,49-51,56-57H,1,3,6,8-12,14,17,19-31H2. The molecule has 7 fully saturated rings. The first-order valence-electron chi connectivity index (χ1n) is 25.6. The van der Waals surface area contributed by atoms with Crippen LogP contribution in [0.15, 0.2) is 65.8 Å². The molecular weight excluding hydrogens is 685 g/mol. The highest BCUT2D eigenvalue weighted by Gasteiger charge is 2.55. The molecule has 2 aromatic carbocycles. The minimum absolute atomic E-state index is 0.790. The maximum absolute atomic E-state index is 2.69. The number of hydrogen-bond acceptors (Lipinski definition) is 0. The molecule has 0 bridgehead atoms. The average Bonchev–Trinajstić information content (AvgIpc) is 4.20. The van der Waals surface area contributed by atoms with Crippen LogP contribution < -0.4 is 0 Å². The summed E-state index contributed by atoms with van der Waals surface area (Å²) < 4.78 is 0. The van der Waals surface area contributed by atoms with E-state index in [0.717, 1.165) is 94.7 Å². The molecule has 7 saturated carbocycles. The lowest BCUT2D eigenvalue weighted by atomic mass is 9.52. The number of hydrogen-bond donors (Lipinski definition) is 0. The van der Waals surface area contributed by atoms with Crippen LogP contribution >= 0.6 is 0 Å². The SMILES string of the molecule is [CH]1C2=C1C1CCC(C3CCC(C4c5ccccc5C(C5CCCC(C6CCC7C8=C[C]8C8CCCCC8C7C6)CC5)C5CCCCC54)CC3)CC1c1ccccc12. The summed E-state index contributed by atoms with van der Waals surface area (Å²) in [4.78, 5) is 0. The van der Waals surface area contributed by atoms with E-state index >= 15 is 0 Å². The third-order valence-electron chi connectivity index (χ3n) is 20.9. The van der Waals surface area contributed by atoms with Gasteiger partial charge < -0.3 is 0 Å². The van der Waals surface area contributed by atoms with Crippen LogP contribution in [0.2, 0.25) is 0 Å². The van der Waals surface area contributed by atoms with Crippen molar-refractivity contribution >= 4 is 5.57 Å². The molecule has 11 aliphatic carbocycles. The van der Waals surface area contributed by atoms with Crippen molar-refractivity contribution in [2.45, 2.75) is 165 Å². The number of benzene rings is 2. The van der Waals surface area contributed by atoms with E-state index in [9.17, 15) is 0 Å². The fraction of sp³-hybridized carbons (Fsp3) is 0.684. The fourth-order valence-electron chi connectivity index (χ4n) is 18.5. The van der Waals surface area contributed by atoms with Crippen LogP contribution in [-0.2, 0) is 0 Å². The summed E-state index contributed by atoms with van der Waals surface area (Å²) in [7, 11) is 0. The Balaban J connectivity index is 0.701. The second kappa shape index (κ2) is 14.3. The Hall–Kier alpha value is -2.08. The highest BCUT2D eigenvalue weighted by Crippen LogP contribution is 2.66. The summed E-state index contributed by atoms with van der Waals surface area (Å²) in [6.45, 7) is 0. The molecule has 11 aliphatic rings. The molecule has 13 rings (SSSR count). The van der Waals surface area contributed by atoms with Crippen LogP contribution in [0, 0.1) is 89.3 Å². The Morgan fingerprint density at radius 3 is 1.68 bits per heavy atom. The molecule has 0 N–H and O–H groups in total. The van der Waals surface area contributed by atoms with Gasteiger partial charge in [0.25, 0.3) is 0 Å². The van der Waals surface area contributed by atoms with E-state index in [4.69, 9.17) is 0 Å². The third kappa shape index (κ3) is 5.90. The summed E-state index contributed by atoms with van der Waals surface area (Å²) >= 11 is 0. The summed E-state index contributed by atoms with van der Waals surface area (Å²) in [6, 6.07) is 19.8. The first-order valence-corrected chi connectivity index (χ1v) is 25.6. The van der Waals surface area contributed by atoms with E-state index in [0.29, 0.717) is 0 Å². The van der Waals surface area contributed by atoms with E-state index in [1.165, 1.54) is 116 Å². The van der Waals surface area contributed by atoms with Crippen LogP contribution in [0.5, 0.6) is 0 Å². The lowest BCUT2D eigenvalue weighted by Gasteiger charge is -2.53. The highest BCUT2D eigenvalue weighted by atomic mass is 14.6. The molecule has 300 valence electrons. The first kappa shape index (κ1) is 35.7. The predicted molar refractivity (Wildman–Crippen MR) is 235 cm³/mol. The van der Waals surface area contributed by atoms with E-state index in [-0.39, 0.29) is 0 Å². The van der Waals surface area contributed by atoms with Gasteiger partial charge in [0, 0.05) is 12.3 Å². The Kier molecular flexibility index (Phi) is 8.92. The van der Waals surface area contributed by atoms with E-state index in [2.05, 4.69) is 61.0 Å². The molecule has 0 amide bonds. The van der Waals surface area contributed by atoms with Crippen molar-refractivity contribution in [3.05, 3.63) is 100 Å². The summed E-state index contributed by atoms with van der Waals surface area (Å²) in [6.07, 6.45) is 40.2. The molecule has 14 unspecified atom stereocenters. The van der Waals surface area contributed by atoms with E-state index in [1.807, 2.05) is 22.6 Å². The molecule has 0 aliphatic heterocycles. The molecule has 2 radical (unpaired) electrons. The first-order chi connectivity index (χ1) is 28.3. The van der Waals surface area contributed by atoms with Crippen molar-refractivity contribution in [3.8, 4) is 0 Å². The number of allylic oxidation sites excluding steroid dienone is 4. The molecule has 0 saturated heterocycles. The Bertz CT molecular complexity index is 1900. The Morgan fingerprint density at radius 2 is 0.930 bits per heavy atom. The van der Waals surface area contributed by atoms with Gasteiger partial charge in [0.1, 0.15) is 0 Å². The van der Waals surface area contributed by atoms with Crippen LogP contribution in [-0.4, -0.2) is 0 Å². The molecule has 0 spiro atoms. The van der Waals surface area contributed by atoms with Gasteiger partial charge in [0.2, 0.25) is 0 Å². The molecule has 14 atom stereocenters. The van der Waals surface area contributed by atoms with Crippen LogP contribution in [0.3, 0.4) is 0 Å². The van der Waals surface area contributed by atoms with Gasteiger partial charge in [-0.3, -0.25) is 0 Å². The van der Waals surface area contributed by atoms with Crippen molar-refractivity contribution < 1.29 is 0 Å². The van der Waals surface area contributed by atoms with Crippen LogP contribution in [0.4, 0.5) is 0 Å². The maximum atomic E-state index is 2.69. The quantitative estimate of drug-likeness (QED) is 0.273. The predicted octanol–water partition coefficient (Wildman–Crippen LogP) is 15.2. The lowest BCUT2D eigenvalue weighted by molar-refractivity contribution is 0.0467. The molecule has 0 aromatic heterocycles. The Labute approximate surface area is 346 Å². The monoisotopic (exact) mass is 757 g/mol. The molecular formula is C57H72. The van der Waals surface area contributed by atoms with Crippen LogP contribution in [0.25, 0.3) is 5.57 Å². The average molecular weight is 757 g/mol. The summed E-state index contributed by atoms with van der Waals surface area (Å²) in [5.74, 6) is 17.0. The molecule has 0 heteroatoms. The molecule has 57 heavy (non-hydrogen) atoms. The Morgan fingerprint density at radius 1 is 0.368 bits per heavy atom. The van der Waals surface area contributed by atoms with E-state index in [1.54, 1.807) is 54.4 Å². The van der Waals surface area contributed by atoms with Crippen LogP contribution in [0.1, 0.15) is 188 Å². The van der Waals surface area contributed by atoms with Crippen molar-refractivity contribution in [2.75, 3.05) is 0 Å². The third-order valence-corrected chi connectivity index (χ3v) is 20.9. The van der Waals surface area contributed by atoms with Gasteiger partial charge in [0.05, 0.1) is 0 Å². The van der Waals surface area contributed by atoms with Gasteiger partial charge in [-0.15, -0.1) is 0 Å². The number of fused-ring (bicyclic) bond motifs is 13. The van der Waals surface area contributed by atoms with Gasteiger partial charge in [-0.25, -0.2) is 0 Å². The van der Waals surface area contributed by atoms with Gasteiger partial charge in [0.15, 0.2) is 0 Å². The lowest BCUT2D eigenvalue weighted by Crippen LogP contribution is -2.42. The second-order valence-corrected chi connectivity index (χ2v) is 22.8. The topological polar surface area (TPSA) is 0 Å². The summed E-state index contributed by atoms with van der Waals surface area (Å²) in [5.41, 5.74) is 12.3. The second-order valence-electron chi connectivity index (χ2n) is 22.8. The summed E-state index contributed by atoms with van der Waals surface area (Å²) in [5, 5.41) is 0. The number of rotatable bonds is 4. The fourth-order valence-corrected chi connectivity index (χ4v) is 18.5. The molecule has 0 nitrogen and oxygen atoms in total. The molecule has 2 aromatic rings. The zero-order chi connectivity index (χ0) is 37.2. The largest absolute Gasteiger partial charge is 0.0724 e. The minimum atomic E-state index is 0.790. The van der Waals surface area contributed by atoms with Gasteiger partial charge in [-0.2, -0.15) is 0 Å². The minimum Gasteiger partial charge on any atom is -0.0724 e. The van der Waals surface area contributed by atoms with Gasteiger partial charge in [-0.1, -0.05) is 104 Å². The molecule has 0 heterocycles. The smallest absolute Gasteiger partial charge is 0.0259 e. The highest BCUT2D eigenvalue weighted by molar-refractivity contribution is 5.96. The van der Waals surface area contributed by atoms with Gasteiger partial charge >= 0.3 is 0 Å². The van der Waals surface area contributed by atoms with Crippen molar-refractivity contribution in [3.63, 3.8) is 0 Å². The van der Waals surface area contributed by atoms with E-state index < -0.39 is 0 Å². The van der Waals surface area contributed by atoms with Crippen molar-refractivity contribution in [1.29, 1.82) is 0 Å². The normalized spacial score (nSPS) is 45.9. The maximum Gasteiger partial charge on any atom is 0.0259 e. The van der Waals surface area contributed by atoms with Crippen molar-refractivity contribution in [1.82, 2.24) is 0 Å². The zero-order valence-electron chi connectivity index (χ0n) is 35.3. The zero-order valence-corrected chi connectivity index (χ0v) is 35.3. The van der Waals surface area contributed by atoms with Gasteiger partial charge in [-0.05, 0) is 232 Å².